The molecule has 0 bridgehead atoms. The summed E-state index contributed by atoms with van der Waals surface area (Å²) in [6.45, 7) is 0. The Morgan fingerprint density at radius 2 is 1.71 bits per heavy atom. The number of hydrogen-bond donors (Lipinski definition) is 1. The van der Waals surface area contributed by atoms with Gasteiger partial charge in [-0.1, -0.05) is 89.8 Å². The van der Waals surface area contributed by atoms with E-state index in [0.717, 1.165) is 5.56 Å². The van der Waals surface area contributed by atoms with Crippen molar-refractivity contribution in [2.24, 2.45) is 0 Å². The van der Waals surface area contributed by atoms with Crippen LogP contribution < -0.4 is 4.90 Å². The van der Waals surface area contributed by atoms with Gasteiger partial charge in [0.25, 0.3) is 5.78 Å². The first-order valence-corrected chi connectivity index (χ1v) is 12.2. The zero-order valence-corrected chi connectivity index (χ0v) is 19.4. The largest absolute Gasteiger partial charge is 0.507 e. The number of anilines is 1. The van der Waals surface area contributed by atoms with Crippen molar-refractivity contribution in [2.75, 3.05) is 4.90 Å². The minimum Gasteiger partial charge on any atom is -0.507 e. The van der Waals surface area contributed by atoms with Crippen LogP contribution in [0.3, 0.4) is 0 Å². The van der Waals surface area contributed by atoms with E-state index >= 15 is 0 Å². The van der Waals surface area contributed by atoms with Crippen molar-refractivity contribution in [1.82, 2.24) is 15.2 Å². The highest BCUT2D eigenvalue weighted by Gasteiger charge is 2.48. The Hall–Kier alpha value is -3.82. The molecule has 1 fully saturated rings. The number of aliphatic hydroxyl groups excluding tert-OH is 1. The van der Waals surface area contributed by atoms with Crippen LogP contribution in [-0.2, 0) is 15.3 Å². The minimum atomic E-state index is -0.867. The second-order valence-corrected chi connectivity index (χ2v) is 9.62. The summed E-state index contributed by atoms with van der Waals surface area (Å²) in [5.74, 6) is -1.07. The maximum Gasteiger partial charge on any atom is 0.301 e. The molecule has 4 aromatic rings. The zero-order valence-electron chi connectivity index (χ0n) is 17.7. The number of carbonyl (C=O) groups is 2. The normalized spacial score (nSPS) is 17.3. The van der Waals surface area contributed by atoms with Gasteiger partial charge in [0.1, 0.15) is 5.76 Å². The van der Waals surface area contributed by atoms with Gasteiger partial charge >= 0.3 is 5.91 Å². The van der Waals surface area contributed by atoms with Crippen LogP contribution in [0.15, 0.2) is 95.1 Å². The molecule has 2 aromatic heterocycles. The van der Waals surface area contributed by atoms with Gasteiger partial charge in [0, 0.05) is 23.7 Å². The second kappa shape index (κ2) is 9.58. The van der Waals surface area contributed by atoms with Crippen LogP contribution >= 0.6 is 23.1 Å². The highest BCUT2D eigenvalue weighted by Crippen LogP contribution is 2.43. The van der Waals surface area contributed by atoms with Crippen LogP contribution in [-0.4, -0.2) is 32.0 Å². The molecule has 7 nitrogen and oxygen atoms in total. The number of nitrogens with zero attached hydrogens (tertiary/aromatic N) is 4. The monoisotopic (exact) mass is 486 g/mol. The van der Waals surface area contributed by atoms with Crippen LogP contribution in [0.4, 0.5) is 5.13 Å². The first-order valence-electron chi connectivity index (χ1n) is 10.4. The van der Waals surface area contributed by atoms with Crippen LogP contribution in [0.1, 0.15) is 22.7 Å². The average molecular weight is 487 g/mol. The molecule has 0 radical (unpaired) electrons. The molecule has 34 heavy (non-hydrogen) atoms. The molecule has 3 heterocycles. The van der Waals surface area contributed by atoms with Gasteiger partial charge in [-0.3, -0.25) is 19.5 Å². The van der Waals surface area contributed by atoms with E-state index in [4.69, 9.17) is 0 Å². The predicted octanol–water partition coefficient (Wildman–Crippen LogP) is 4.85. The van der Waals surface area contributed by atoms with Gasteiger partial charge in [-0.05, 0) is 17.2 Å². The predicted molar refractivity (Wildman–Crippen MR) is 131 cm³/mol. The summed E-state index contributed by atoms with van der Waals surface area (Å²) >= 11 is 2.74. The van der Waals surface area contributed by atoms with E-state index < -0.39 is 17.7 Å². The third kappa shape index (κ3) is 4.23. The summed E-state index contributed by atoms with van der Waals surface area (Å²) in [6, 6.07) is 21.3. The van der Waals surface area contributed by atoms with E-state index in [1.807, 2.05) is 36.4 Å². The van der Waals surface area contributed by atoms with E-state index in [1.54, 1.807) is 48.8 Å². The Kier molecular flexibility index (Phi) is 6.20. The third-order valence-electron chi connectivity index (χ3n) is 5.30. The fourth-order valence-corrected chi connectivity index (χ4v) is 5.54. The molecule has 1 saturated heterocycles. The van der Waals surface area contributed by atoms with Gasteiger partial charge in [0.05, 0.1) is 11.6 Å². The Labute approximate surface area is 203 Å². The Morgan fingerprint density at radius 1 is 0.971 bits per heavy atom. The molecular weight excluding hydrogens is 468 g/mol. The van der Waals surface area contributed by atoms with E-state index in [2.05, 4.69) is 15.2 Å². The lowest BCUT2D eigenvalue weighted by atomic mass is 9.96. The Bertz CT molecular complexity index is 1360. The summed E-state index contributed by atoms with van der Waals surface area (Å²) in [6.07, 6.45) is 3.18. The zero-order chi connectivity index (χ0) is 23.5. The number of aromatic nitrogens is 3. The molecule has 1 atom stereocenters. The van der Waals surface area contributed by atoms with Crippen molar-refractivity contribution in [3.63, 3.8) is 0 Å². The summed E-state index contributed by atoms with van der Waals surface area (Å²) in [5, 5.41) is 19.8. The number of hydrogen-bond acceptors (Lipinski definition) is 8. The number of thioether (sulfide) groups is 1. The van der Waals surface area contributed by atoms with E-state index in [1.165, 1.54) is 28.0 Å². The molecule has 1 amide bonds. The molecule has 1 unspecified atom stereocenters. The topological polar surface area (TPSA) is 96.3 Å². The standard InChI is InChI=1S/C25H18N4O3S2/c30-21(17-10-5-2-6-11-17)19-20(18-12-7-13-26-14-18)29(23(32)22(19)31)24-27-28-25(34-24)33-15-16-8-3-1-4-9-16/h1-14,20,30H,15H2/b21-19+. The molecule has 0 spiro atoms. The first-order chi connectivity index (χ1) is 16.6. The maximum atomic E-state index is 13.2. The number of pyridine rings is 1. The SMILES string of the molecule is O=C1C(=O)N(c2nnc(SCc3ccccc3)s2)C(c2cccnc2)/C1=C(\O)c1ccccc1. The van der Waals surface area contributed by atoms with Crippen molar-refractivity contribution in [1.29, 1.82) is 0 Å². The number of amides is 1. The lowest BCUT2D eigenvalue weighted by molar-refractivity contribution is -0.132. The summed E-state index contributed by atoms with van der Waals surface area (Å²) < 4.78 is 0.675. The smallest absolute Gasteiger partial charge is 0.301 e. The molecule has 1 N–H and O–H groups in total. The number of benzene rings is 2. The second-order valence-electron chi connectivity index (χ2n) is 7.45. The van der Waals surface area contributed by atoms with Crippen molar-refractivity contribution in [2.45, 2.75) is 16.1 Å². The quantitative estimate of drug-likeness (QED) is 0.137. The van der Waals surface area contributed by atoms with Gasteiger partial charge in [0.15, 0.2) is 4.34 Å². The van der Waals surface area contributed by atoms with E-state index in [0.29, 0.717) is 26.4 Å². The molecule has 5 rings (SSSR count). The Balaban J connectivity index is 1.53. The van der Waals surface area contributed by atoms with Crippen molar-refractivity contribution >= 4 is 45.7 Å². The van der Waals surface area contributed by atoms with Crippen molar-refractivity contribution in [3.8, 4) is 0 Å². The highest BCUT2D eigenvalue weighted by molar-refractivity contribution is 8.00. The van der Waals surface area contributed by atoms with Crippen molar-refractivity contribution in [3.05, 3.63) is 107 Å². The van der Waals surface area contributed by atoms with Crippen LogP contribution in [0.25, 0.3) is 5.76 Å². The maximum absolute atomic E-state index is 13.2. The number of aliphatic hydroxyl groups is 1. The van der Waals surface area contributed by atoms with Gasteiger partial charge in [-0.2, -0.15) is 0 Å². The summed E-state index contributed by atoms with van der Waals surface area (Å²) in [7, 11) is 0. The molecule has 1 aliphatic rings. The van der Waals surface area contributed by atoms with E-state index in [9.17, 15) is 14.7 Å². The van der Waals surface area contributed by atoms with Gasteiger partial charge in [-0.15, -0.1) is 10.2 Å². The summed E-state index contributed by atoms with van der Waals surface area (Å²) in [5.41, 5.74) is 2.18. The third-order valence-corrected chi connectivity index (χ3v) is 7.43. The fraction of sp³-hybridized carbons (Fsp3) is 0.0800. The minimum absolute atomic E-state index is 0.00195. The first kappa shape index (κ1) is 22.0. The van der Waals surface area contributed by atoms with Crippen LogP contribution in [0.2, 0.25) is 0 Å². The van der Waals surface area contributed by atoms with Crippen molar-refractivity contribution < 1.29 is 14.7 Å². The molecule has 1 aliphatic heterocycles. The van der Waals surface area contributed by atoms with E-state index in [-0.39, 0.29) is 11.3 Å². The van der Waals surface area contributed by atoms with Gasteiger partial charge in [0.2, 0.25) is 5.13 Å². The summed E-state index contributed by atoms with van der Waals surface area (Å²) in [4.78, 5) is 31.7. The molecular formula is C25H18N4O3S2. The number of ketones is 1. The molecule has 168 valence electrons. The highest BCUT2D eigenvalue weighted by atomic mass is 32.2. The van der Waals surface area contributed by atoms with Crippen LogP contribution in [0, 0.1) is 0 Å². The molecule has 9 heteroatoms. The lowest BCUT2D eigenvalue weighted by Crippen LogP contribution is -2.29. The number of rotatable bonds is 6. The average Bonchev–Trinajstić information content (AvgIpc) is 3.46. The molecule has 2 aromatic carbocycles. The number of Topliss-reactive ketones (excluding diaryl/α,β-unsaturated/α-hetero) is 1. The number of carbonyl (C=O) groups excluding carboxylic acids is 2. The van der Waals surface area contributed by atoms with Gasteiger partial charge < -0.3 is 5.11 Å². The molecule has 0 saturated carbocycles. The lowest BCUT2D eigenvalue weighted by Gasteiger charge is -2.22. The molecule has 0 aliphatic carbocycles. The van der Waals surface area contributed by atoms with Crippen LogP contribution in [0.5, 0.6) is 0 Å². The van der Waals surface area contributed by atoms with Gasteiger partial charge in [-0.25, -0.2) is 0 Å². The Morgan fingerprint density at radius 3 is 2.41 bits per heavy atom. The fourth-order valence-electron chi connectivity index (χ4n) is 3.71.